The van der Waals surface area contributed by atoms with Crippen LogP contribution in [-0.4, -0.2) is 42.4 Å². The molecular weight excluding hydrogens is 540 g/mol. The van der Waals surface area contributed by atoms with E-state index >= 15 is 0 Å². The van der Waals surface area contributed by atoms with E-state index in [0.29, 0.717) is 12.2 Å². The molecule has 4 aromatic rings. The van der Waals surface area contributed by atoms with Crippen molar-refractivity contribution in [3.63, 3.8) is 0 Å². The number of nitrogens with zero attached hydrogens (tertiary/aromatic N) is 1. The molecule has 1 saturated heterocycles. The average molecular weight is 581 g/mol. The molecule has 7 heteroatoms. The largest absolute Gasteiger partial charge is 0.445 e. The van der Waals surface area contributed by atoms with Crippen LogP contribution in [0.5, 0.6) is 0 Å². The minimum absolute atomic E-state index is 0.00527. The molecule has 5 rings (SSSR count). The molecule has 0 aliphatic carbocycles. The lowest BCUT2D eigenvalue weighted by molar-refractivity contribution is -0.276. The summed E-state index contributed by atoms with van der Waals surface area (Å²) in [5, 5.41) is 14.7. The maximum absolute atomic E-state index is 12.0. The quantitative estimate of drug-likeness (QED) is 0.189. The van der Waals surface area contributed by atoms with E-state index in [0.717, 1.165) is 16.7 Å². The zero-order valence-electron chi connectivity index (χ0n) is 25.0. The van der Waals surface area contributed by atoms with Crippen molar-refractivity contribution >= 4 is 22.6 Å². The Kier molecular flexibility index (Phi) is 9.89. The summed E-state index contributed by atoms with van der Waals surface area (Å²) >= 11 is 0. The van der Waals surface area contributed by atoms with Gasteiger partial charge in [0.2, 0.25) is 0 Å². The second-order valence-electron chi connectivity index (χ2n) is 11.2. The molecule has 43 heavy (non-hydrogen) atoms. The molecule has 4 aromatic carbocycles. The second kappa shape index (κ2) is 14.0. The topological polar surface area (TPSA) is 80.3 Å². The number of likely N-dealkylation sites (N-methyl/N-ethyl adjacent to an activating group) is 1. The Hall–Kier alpha value is -4.01. The summed E-state index contributed by atoms with van der Waals surface area (Å²) in [6, 6.07) is 30.6. The Morgan fingerprint density at radius 2 is 1.70 bits per heavy atom. The van der Waals surface area contributed by atoms with Crippen molar-refractivity contribution in [1.29, 1.82) is 0 Å². The number of aliphatic hydroxyl groups excluding tert-OH is 1. The lowest BCUT2D eigenvalue weighted by Crippen LogP contribution is -2.44. The van der Waals surface area contributed by atoms with Crippen LogP contribution < -0.4 is 5.32 Å². The van der Waals surface area contributed by atoms with Crippen molar-refractivity contribution in [2.45, 2.75) is 45.0 Å². The molecule has 224 valence electrons. The Bertz CT molecular complexity index is 1520. The Morgan fingerprint density at radius 3 is 2.40 bits per heavy atom. The molecule has 1 fully saturated rings. The van der Waals surface area contributed by atoms with Crippen LogP contribution in [0.3, 0.4) is 0 Å². The standard InChI is InChI=1S/C36H40N2O5/c1-5-20-41-36(40)37-32-18-16-29(17-19-32)35-42-33(24(2)34(43-35)28-12-10-26(23-39)11-13-28)22-38(4)25(3)30-15-14-27-8-6-7-9-31(27)21-30/h5-19,21,24-25,33-35,39H,1,20,22-23H2,2-4H3,(H,37,40)/t24-,25+,33+,34+,35+/m0/s1. The number of carbonyl (C=O) groups excluding carboxylic acids is 1. The minimum atomic E-state index is -0.602. The summed E-state index contributed by atoms with van der Waals surface area (Å²) in [4.78, 5) is 14.3. The van der Waals surface area contributed by atoms with Crippen molar-refractivity contribution < 1.29 is 24.1 Å². The summed E-state index contributed by atoms with van der Waals surface area (Å²) < 4.78 is 18.3. The molecule has 1 aliphatic heterocycles. The van der Waals surface area contributed by atoms with Crippen LogP contribution in [0.15, 0.2) is 104 Å². The molecule has 0 aromatic heterocycles. The first-order valence-electron chi connectivity index (χ1n) is 14.7. The van der Waals surface area contributed by atoms with Crippen LogP contribution in [-0.2, 0) is 20.8 Å². The summed E-state index contributed by atoms with van der Waals surface area (Å²) in [5.41, 5.74) is 4.61. The summed E-state index contributed by atoms with van der Waals surface area (Å²) in [6.45, 7) is 8.79. The van der Waals surface area contributed by atoms with Crippen LogP contribution in [0.25, 0.3) is 10.8 Å². The predicted molar refractivity (Wildman–Crippen MR) is 170 cm³/mol. The van der Waals surface area contributed by atoms with Gasteiger partial charge in [-0.05, 0) is 59.6 Å². The van der Waals surface area contributed by atoms with Gasteiger partial charge in [-0.3, -0.25) is 10.2 Å². The summed E-state index contributed by atoms with van der Waals surface area (Å²) in [5.74, 6) is 0.0584. The molecule has 1 amide bonds. The number of aliphatic hydroxyl groups is 1. The van der Waals surface area contributed by atoms with Crippen LogP contribution in [0.4, 0.5) is 10.5 Å². The minimum Gasteiger partial charge on any atom is -0.445 e. The van der Waals surface area contributed by atoms with E-state index in [1.165, 1.54) is 22.4 Å². The third kappa shape index (κ3) is 7.32. The van der Waals surface area contributed by atoms with Crippen molar-refractivity contribution in [1.82, 2.24) is 4.90 Å². The molecule has 5 atom stereocenters. The number of anilines is 1. The van der Waals surface area contributed by atoms with Crippen LogP contribution in [0.2, 0.25) is 0 Å². The molecule has 0 bridgehead atoms. The molecule has 0 spiro atoms. The highest BCUT2D eigenvalue weighted by atomic mass is 16.7. The third-order valence-electron chi connectivity index (χ3n) is 8.27. The van der Waals surface area contributed by atoms with E-state index in [2.05, 4.69) is 80.2 Å². The number of hydrogen-bond acceptors (Lipinski definition) is 6. The average Bonchev–Trinajstić information content (AvgIpc) is 3.04. The Morgan fingerprint density at radius 1 is 1.00 bits per heavy atom. The number of carbonyl (C=O) groups is 1. The predicted octanol–water partition coefficient (Wildman–Crippen LogP) is 7.55. The number of rotatable bonds is 10. The van der Waals surface area contributed by atoms with Crippen molar-refractivity contribution in [2.24, 2.45) is 5.92 Å². The van der Waals surface area contributed by atoms with Gasteiger partial charge in [0.15, 0.2) is 6.29 Å². The van der Waals surface area contributed by atoms with Gasteiger partial charge in [-0.2, -0.15) is 0 Å². The van der Waals surface area contributed by atoms with E-state index < -0.39 is 12.4 Å². The molecular formula is C36H40N2O5. The van der Waals surface area contributed by atoms with Crippen molar-refractivity contribution in [3.05, 3.63) is 126 Å². The summed E-state index contributed by atoms with van der Waals surface area (Å²) in [6.07, 6.45) is 0.0379. The van der Waals surface area contributed by atoms with E-state index in [9.17, 15) is 9.90 Å². The monoisotopic (exact) mass is 580 g/mol. The fourth-order valence-corrected chi connectivity index (χ4v) is 5.50. The maximum Gasteiger partial charge on any atom is 0.411 e. The molecule has 7 nitrogen and oxygen atoms in total. The maximum atomic E-state index is 12.0. The molecule has 1 heterocycles. The lowest BCUT2D eigenvalue weighted by atomic mass is 9.89. The highest BCUT2D eigenvalue weighted by Crippen LogP contribution is 2.42. The van der Waals surface area contributed by atoms with Gasteiger partial charge in [-0.15, -0.1) is 0 Å². The first kappa shape index (κ1) is 30.4. The zero-order valence-corrected chi connectivity index (χ0v) is 25.0. The number of nitrogens with one attached hydrogen (secondary N) is 1. The van der Waals surface area contributed by atoms with Crippen LogP contribution in [0, 0.1) is 5.92 Å². The SMILES string of the molecule is C=CCOC(=O)Nc1ccc([C@@H]2O[C@H](CN(C)[C@H](C)c3ccc4ccccc4c3)[C@H](C)[C@H](c3ccc(CO)cc3)O2)cc1. The number of ether oxygens (including phenoxy) is 3. The van der Waals surface area contributed by atoms with Gasteiger partial charge in [0, 0.05) is 29.8 Å². The fourth-order valence-electron chi connectivity index (χ4n) is 5.50. The number of hydrogen-bond donors (Lipinski definition) is 2. The highest BCUT2D eigenvalue weighted by molar-refractivity contribution is 5.84. The Labute approximate surface area is 253 Å². The first-order valence-corrected chi connectivity index (χ1v) is 14.7. The van der Waals surface area contributed by atoms with Gasteiger partial charge in [0.25, 0.3) is 0 Å². The van der Waals surface area contributed by atoms with Gasteiger partial charge in [-0.25, -0.2) is 4.79 Å². The van der Waals surface area contributed by atoms with E-state index in [-0.39, 0.29) is 37.4 Å². The second-order valence-corrected chi connectivity index (χ2v) is 11.2. The van der Waals surface area contributed by atoms with Gasteiger partial charge >= 0.3 is 6.09 Å². The van der Waals surface area contributed by atoms with Gasteiger partial charge in [0.1, 0.15) is 6.61 Å². The van der Waals surface area contributed by atoms with Gasteiger partial charge in [-0.1, -0.05) is 92.4 Å². The van der Waals surface area contributed by atoms with Crippen molar-refractivity contribution in [3.8, 4) is 0 Å². The smallest absolute Gasteiger partial charge is 0.411 e. The third-order valence-corrected chi connectivity index (χ3v) is 8.27. The van der Waals surface area contributed by atoms with Crippen molar-refractivity contribution in [2.75, 3.05) is 25.5 Å². The highest BCUT2D eigenvalue weighted by Gasteiger charge is 2.39. The molecule has 2 N–H and O–H groups in total. The van der Waals surface area contributed by atoms with E-state index in [1.807, 2.05) is 48.5 Å². The molecule has 0 unspecified atom stereocenters. The number of benzene rings is 4. The molecule has 0 saturated carbocycles. The normalized spacial score (nSPS) is 21.0. The van der Waals surface area contributed by atoms with E-state index in [1.54, 1.807) is 0 Å². The van der Waals surface area contributed by atoms with Crippen LogP contribution in [0.1, 0.15) is 54.5 Å². The molecule has 0 radical (unpaired) electrons. The molecule has 1 aliphatic rings. The number of fused-ring (bicyclic) bond motifs is 1. The fraction of sp³-hybridized carbons (Fsp3) is 0.306. The van der Waals surface area contributed by atoms with Gasteiger partial charge in [0.05, 0.1) is 18.8 Å². The Balaban J connectivity index is 1.36. The van der Waals surface area contributed by atoms with E-state index in [4.69, 9.17) is 14.2 Å². The van der Waals surface area contributed by atoms with Gasteiger partial charge < -0.3 is 19.3 Å². The summed E-state index contributed by atoms with van der Waals surface area (Å²) in [7, 11) is 2.14. The lowest BCUT2D eigenvalue weighted by Gasteiger charge is -2.43. The zero-order chi connectivity index (χ0) is 30.3. The first-order chi connectivity index (χ1) is 20.9. The number of amides is 1. The van der Waals surface area contributed by atoms with Crippen LogP contribution >= 0.6 is 0 Å².